The van der Waals surface area contributed by atoms with Crippen molar-refractivity contribution < 1.29 is 17.6 Å². The van der Waals surface area contributed by atoms with E-state index >= 15 is 0 Å². The monoisotopic (exact) mass is 369 g/mol. The Morgan fingerprint density at radius 3 is 2.80 bits per heavy atom. The first-order valence-electron chi connectivity index (χ1n) is 7.72. The molecule has 1 amide bonds. The zero-order chi connectivity index (χ0) is 18.4. The molecule has 2 N–H and O–H groups in total. The van der Waals surface area contributed by atoms with Crippen LogP contribution in [0.5, 0.6) is 0 Å². The average Bonchev–Trinajstić information content (AvgIpc) is 3.03. The van der Waals surface area contributed by atoms with Gasteiger partial charge in [-0.2, -0.15) is 0 Å². The summed E-state index contributed by atoms with van der Waals surface area (Å²) in [7, 11) is -3.88. The lowest BCUT2D eigenvalue weighted by Crippen LogP contribution is -2.37. The Kier molecular flexibility index (Phi) is 6.21. The molecule has 136 valence electrons. The maximum Gasteiger partial charge on any atom is 0.241 e. The number of nitrogens with one attached hydrogen (secondary N) is 2. The second kappa shape index (κ2) is 8.17. The van der Waals surface area contributed by atoms with Crippen molar-refractivity contribution in [1.82, 2.24) is 24.8 Å². The van der Waals surface area contributed by atoms with Crippen LogP contribution in [0.25, 0.3) is 0 Å². The van der Waals surface area contributed by atoms with Crippen LogP contribution >= 0.6 is 0 Å². The minimum atomic E-state index is -3.88. The number of nitrogens with zero attached hydrogens (tertiary/aromatic N) is 3. The van der Waals surface area contributed by atoms with Gasteiger partial charge in [0.1, 0.15) is 18.0 Å². The number of aryl methyl sites for hydroxylation is 2. The molecule has 2 aromatic rings. The number of amides is 1. The maximum atomic E-state index is 13.2. The van der Waals surface area contributed by atoms with E-state index < -0.39 is 28.3 Å². The summed E-state index contributed by atoms with van der Waals surface area (Å²) in [4.78, 5) is 11.7. The van der Waals surface area contributed by atoms with Crippen LogP contribution in [-0.2, 0) is 27.8 Å². The van der Waals surface area contributed by atoms with Gasteiger partial charge in [0.15, 0.2) is 0 Å². The molecule has 1 aromatic carbocycles. The molecule has 0 atom stereocenters. The summed E-state index contributed by atoms with van der Waals surface area (Å²) in [5.74, 6) is -0.216. The molecule has 8 nitrogen and oxygen atoms in total. The lowest BCUT2D eigenvalue weighted by molar-refractivity contribution is -0.119. The smallest absolute Gasteiger partial charge is 0.241 e. The highest BCUT2D eigenvalue weighted by atomic mass is 32.2. The van der Waals surface area contributed by atoms with Gasteiger partial charge in [-0.3, -0.25) is 4.79 Å². The van der Waals surface area contributed by atoms with Gasteiger partial charge < -0.3 is 9.88 Å². The van der Waals surface area contributed by atoms with E-state index in [-0.39, 0.29) is 10.5 Å². The third-order valence-corrected chi connectivity index (χ3v) is 4.97. The van der Waals surface area contributed by atoms with Gasteiger partial charge in [0.2, 0.25) is 15.9 Å². The van der Waals surface area contributed by atoms with Crippen LogP contribution in [-0.4, -0.2) is 42.2 Å². The fourth-order valence-electron chi connectivity index (χ4n) is 2.14. The van der Waals surface area contributed by atoms with Crippen molar-refractivity contribution in [3.05, 3.63) is 41.7 Å². The molecule has 0 saturated carbocycles. The molecule has 1 heterocycles. The lowest BCUT2D eigenvalue weighted by atomic mass is 10.2. The van der Waals surface area contributed by atoms with E-state index in [9.17, 15) is 17.6 Å². The number of carbonyl (C=O) groups excluding carboxylic acids is 1. The fraction of sp³-hybridized carbons (Fsp3) is 0.400. The Hall–Kier alpha value is -2.33. The van der Waals surface area contributed by atoms with E-state index in [1.165, 1.54) is 13.0 Å². The Labute approximate surface area is 145 Å². The minimum Gasteiger partial charge on any atom is -0.355 e. The minimum absolute atomic E-state index is 0.0877. The van der Waals surface area contributed by atoms with Crippen LogP contribution in [0.2, 0.25) is 0 Å². The van der Waals surface area contributed by atoms with E-state index in [0.717, 1.165) is 24.5 Å². The number of aromatic nitrogens is 3. The number of rotatable bonds is 8. The maximum absolute atomic E-state index is 13.2. The SMILES string of the molecule is CCn1cnnc1CCNC(=O)CNS(=O)(=O)c1ccc(F)c(C)c1. The molecule has 10 heteroatoms. The van der Waals surface area contributed by atoms with Gasteiger partial charge >= 0.3 is 0 Å². The highest BCUT2D eigenvalue weighted by Crippen LogP contribution is 2.13. The predicted molar refractivity (Wildman–Crippen MR) is 88.7 cm³/mol. The molecule has 0 fully saturated rings. The van der Waals surface area contributed by atoms with Crippen LogP contribution in [0.1, 0.15) is 18.3 Å². The fourth-order valence-corrected chi connectivity index (χ4v) is 3.21. The molecular weight excluding hydrogens is 349 g/mol. The molecule has 0 bridgehead atoms. The van der Waals surface area contributed by atoms with Gasteiger partial charge in [0.25, 0.3) is 0 Å². The molecule has 0 aliphatic carbocycles. The Morgan fingerprint density at radius 1 is 1.36 bits per heavy atom. The topological polar surface area (TPSA) is 106 Å². The zero-order valence-corrected chi connectivity index (χ0v) is 14.8. The van der Waals surface area contributed by atoms with Crippen molar-refractivity contribution in [1.29, 1.82) is 0 Å². The van der Waals surface area contributed by atoms with Crippen LogP contribution < -0.4 is 10.0 Å². The average molecular weight is 369 g/mol. The Balaban J connectivity index is 1.83. The standard InChI is InChI=1S/C15H20FN5O3S/c1-3-21-10-18-20-14(21)6-7-17-15(22)9-19-25(23,24)12-4-5-13(16)11(2)8-12/h4-5,8,10,19H,3,6-7,9H2,1-2H3,(H,17,22). The van der Waals surface area contributed by atoms with Gasteiger partial charge in [0, 0.05) is 19.5 Å². The molecule has 25 heavy (non-hydrogen) atoms. The van der Waals surface area contributed by atoms with Gasteiger partial charge in [-0.25, -0.2) is 17.5 Å². The second-order valence-corrected chi connectivity index (χ2v) is 7.14. The highest BCUT2D eigenvalue weighted by Gasteiger charge is 2.16. The first kappa shape index (κ1) is 19.0. The van der Waals surface area contributed by atoms with Gasteiger partial charge in [0.05, 0.1) is 11.4 Å². The predicted octanol–water partition coefficient (Wildman–Crippen LogP) is 0.383. The number of benzene rings is 1. The summed E-state index contributed by atoms with van der Waals surface area (Å²) >= 11 is 0. The second-order valence-electron chi connectivity index (χ2n) is 5.37. The highest BCUT2D eigenvalue weighted by molar-refractivity contribution is 7.89. The van der Waals surface area contributed by atoms with Crippen LogP contribution in [0.4, 0.5) is 4.39 Å². The molecule has 0 spiro atoms. The van der Waals surface area contributed by atoms with Crippen molar-refractivity contribution >= 4 is 15.9 Å². The molecule has 2 rings (SSSR count). The van der Waals surface area contributed by atoms with E-state index in [1.54, 1.807) is 6.33 Å². The molecule has 1 aromatic heterocycles. The van der Waals surface area contributed by atoms with Crippen molar-refractivity contribution in [3.8, 4) is 0 Å². The number of hydrogen-bond donors (Lipinski definition) is 2. The number of carbonyl (C=O) groups is 1. The third-order valence-electron chi connectivity index (χ3n) is 3.57. The van der Waals surface area contributed by atoms with Gasteiger partial charge in [-0.15, -0.1) is 10.2 Å². The Bertz CT molecular complexity index is 851. The van der Waals surface area contributed by atoms with E-state index in [4.69, 9.17) is 0 Å². The van der Waals surface area contributed by atoms with E-state index in [2.05, 4.69) is 20.2 Å². The summed E-state index contributed by atoms with van der Waals surface area (Å²) < 4.78 is 41.5. The first-order chi connectivity index (χ1) is 11.8. The van der Waals surface area contributed by atoms with Crippen molar-refractivity contribution in [2.75, 3.05) is 13.1 Å². The molecular formula is C15H20FN5O3S. The van der Waals surface area contributed by atoms with Crippen LogP contribution in [0.3, 0.4) is 0 Å². The molecule has 0 aliphatic heterocycles. The Morgan fingerprint density at radius 2 is 2.12 bits per heavy atom. The summed E-state index contributed by atoms with van der Waals surface area (Å²) in [6.45, 7) is 4.06. The number of hydrogen-bond acceptors (Lipinski definition) is 5. The van der Waals surface area contributed by atoms with E-state index in [1.807, 2.05) is 11.5 Å². The van der Waals surface area contributed by atoms with Crippen LogP contribution in [0, 0.1) is 12.7 Å². The number of halogens is 1. The molecule has 0 radical (unpaired) electrons. The summed E-state index contributed by atoms with van der Waals surface area (Å²) in [6.07, 6.45) is 2.10. The molecule has 0 unspecified atom stereocenters. The quantitative estimate of drug-likeness (QED) is 0.700. The van der Waals surface area contributed by atoms with Gasteiger partial charge in [-0.1, -0.05) is 0 Å². The van der Waals surface area contributed by atoms with Crippen molar-refractivity contribution in [3.63, 3.8) is 0 Å². The summed E-state index contributed by atoms with van der Waals surface area (Å²) in [5, 5.41) is 10.3. The number of sulfonamides is 1. The van der Waals surface area contributed by atoms with E-state index in [0.29, 0.717) is 13.0 Å². The third kappa shape index (κ3) is 5.07. The van der Waals surface area contributed by atoms with Crippen molar-refractivity contribution in [2.45, 2.75) is 31.7 Å². The lowest BCUT2D eigenvalue weighted by Gasteiger charge is -2.09. The van der Waals surface area contributed by atoms with Gasteiger partial charge in [-0.05, 0) is 37.6 Å². The normalized spacial score (nSPS) is 11.5. The summed E-state index contributed by atoms with van der Waals surface area (Å²) in [5.41, 5.74) is 0.215. The van der Waals surface area contributed by atoms with Crippen molar-refractivity contribution in [2.24, 2.45) is 0 Å². The molecule has 0 saturated heterocycles. The summed E-state index contributed by atoms with van der Waals surface area (Å²) in [6, 6.07) is 3.45. The largest absolute Gasteiger partial charge is 0.355 e. The zero-order valence-electron chi connectivity index (χ0n) is 14.0. The molecule has 0 aliphatic rings. The first-order valence-corrected chi connectivity index (χ1v) is 9.21. The van der Waals surface area contributed by atoms with Crippen LogP contribution in [0.15, 0.2) is 29.4 Å².